The third-order valence-electron chi connectivity index (χ3n) is 3.37. The predicted molar refractivity (Wildman–Crippen MR) is 74.7 cm³/mol. The van der Waals surface area contributed by atoms with Gasteiger partial charge in [-0.2, -0.15) is 0 Å². The van der Waals surface area contributed by atoms with Crippen LogP contribution in [0.2, 0.25) is 0 Å². The summed E-state index contributed by atoms with van der Waals surface area (Å²) in [6.07, 6.45) is 0. The zero-order chi connectivity index (χ0) is 14.2. The highest BCUT2D eigenvalue weighted by Crippen LogP contribution is 2.29. The van der Waals surface area contributed by atoms with Crippen LogP contribution in [-0.2, 0) is 18.4 Å². The summed E-state index contributed by atoms with van der Waals surface area (Å²) in [5.41, 5.74) is 3.53. The van der Waals surface area contributed by atoms with E-state index in [2.05, 4.69) is 19.9 Å². The van der Waals surface area contributed by atoms with Gasteiger partial charge in [-0.1, -0.05) is 19.9 Å². The number of benzene rings is 1. The molecule has 4 nitrogen and oxygen atoms in total. The van der Waals surface area contributed by atoms with Crippen LogP contribution in [0.5, 0.6) is 0 Å². The van der Waals surface area contributed by atoms with Crippen LogP contribution in [0.15, 0.2) is 18.2 Å². The Labute approximate surface area is 112 Å². The van der Waals surface area contributed by atoms with Gasteiger partial charge in [-0.05, 0) is 29.2 Å². The molecule has 0 radical (unpaired) electrons. The second-order valence-electron chi connectivity index (χ2n) is 5.10. The van der Waals surface area contributed by atoms with E-state index in [1.54, 1.807) is 24.8 Å². The van der Waals surface area contributed by atoms with Crippen molar-refractivity contribution in [1.82, 2.24) is 4.57 Å². The second-order valence-corrected chi connectivity index (χ2v) is 5.10. The molecule has 0 fully saturated rings. The van der Waals surface area contributed by atoms with E-state index < -0.39 is 5.97 Å². The monoisotopic (exact) mass is 261 g/mol. The number of carbonyl (C=O) groups is 1. The standard InChI is InChI=1S/C15H19NO3/c1-9(2)12-6-10(8-19-4)5-11-7-13(15(17)18)16(3)14(11)12/h5-7,9H,8H2,1-4H3,(H,17,18). The van der Waals surface area contributed by atoms with Crippen LogP contribution in [0, 0.1) is 0 Å². The molecule has 1 N–H and O–H groups in total. The number of methoxy groups -OCH3 is 1. The van der Waals surface area contributed by atoms with Crippen molar-refractivity contribution >= 4 is 16.9 Å². The van der Waals surface area contributed by atoms with Gasteiger partial charge in [0.2, 0.25) is 0 Å². The fraction of sp³-hybridized carbons (Fsp3) is 0.400. The molecule has 2 rings (SSSR count). The van der Waals surface area contributed by atoms with Gasteiger partial charge in [-0.15, -0.1) is 0 Å². The first kappa shape index (κ1) is 13.6. The number of carboxylic acids is 1. The van der Waals surface area contributed by atoms with E-state index in [-0.39, 0.29) is 0 Å². The topological polar surface area (TPSA) is 51.5 Å². The highest BCUT2D eigenvalue weighted by atomic mass is 16.5. The lowest BCUT2D eigenvalue weighted by atomic mass is 9.98. The van der Waals surface area contributed by atoms with E-state index in [1.165, 1.54) is 0 Å². The van der Waals surface area contributed by atoms with E-state index in [4.69, 9.17) is 4.74 Å². The van der Waals surface area contributed by atoms with Crippen LogP contribution in [0.1, 0.15) is 41.4 Å². The number of carboxylic acid groups (broad SMARTS) is 1. The zero-order valence-electron chi connectivity index (χ0n) is 11.7. The first-order valence-corrected chi connectivity index (χ1v) is 6.30. The van der Waals surface area contributed by atoms with Gasteiger partial charge < -0.3 is 14.4 Å². The molecule has 0 saturated carbocycles. The Hall–Kier alpha value is -1.81. The normalized spacial score (nSPS) is 11.4. The maximum atomic E-state index is 11.2. The van der Waals surface area contributed by atoms with Crippen LogP contribution in [-0.4, -0.2) is 22.8 Å². The van der Waals surface area contributed by atoms with Crippen LogP contribution in [0.4, 0.5) is 0 Å². The fourth-order valence-electron chi connectivity index (χ4n) is 2.50. The van der Waals surface area contributed by atoms with Crippen molar-refractivity contribution in [2.24, 2.45) is 7.05 Å². The summed E-state index contributed by atoms with van der Waals surface area (Å²) in [6, 6.07) is 5.82. The minimum absolute atomic E-state index is 0.312. The molecule has 0 unspecified atom stereocenters. The van der Waals surface area contributed by atoms with Crippen molar-refractivity contribution in [3.8, 4) is 0 Å². The number of aromatic carboxylic acids is 1. The summed E-state index contributed by atoms with van der Waals surface area (Å²) in [5.74, 6) is -0.573. The third kappa shape index (κ3) is 2.36. The summed E-state index contributed by atoms with van der Waals surface area (Å²) < 4.78 is 6.93. The number of fused-ring (bicyclic) bond motifs is 1. The van der Waals surface area contributed by atoms with Crippen LogP contribution in [0.25, 0.3) is 10.9 Å². The molecule has 2 aromatic rings. The molecule has 0 aliphatic carbocycles. The zero-order valence-corrected chi connectivity index (χ0v) is 11.7. The maximum Gasteiger partial charge on any atom is 0.352 e. The second kappa shape index (κ2) is 5.05. The Morgan fingerprint density at radius 2 is 2.05 bits per heavy atom. The minimum atomic E-state index is -0.901. The van der Waals surface area contributed by atoms with Gasteiger partial charge in [-0.25, -0.2) is 4.79 Å². The first-order valence-electron chi connectivity index (χ1n) is 6.30. The summed E-state index contributed by atoms with van der Waals surface area (Å²) in [6.45, 7) is 4.75. The van der Waals surface area contributed by atoms with Gasteiger partial charge in [0.1, 0.15) is 5.69 Å². The van der Waals surface area contributed by atoms with E-state index >= 15 is 0 Å². The Kier molecular flexibility index (Phi) is 3.62. The lowest BCUT2D eigenvalue weighted by Gasteiger charge is -2.12. The van der Waals surface area contributed by atoms with Crippen molar-refractivity contribution in [2.45, 2.75) is 26.4 Å². The SMILES string of the molecule is COCc1cc(C(C)C)c2c(c1)cc(C(=O)O)n2C. The molecule has 1 aromatic carbocycles. The molecule has 0 atom stereocenters. The number of nitrogens with zero attached hydrogens (tertiary/aromatic N) is 1. The molecule has 1 heterocycles. The van der Waals surface area contributed by atoms with Gasteiger partial charge >= 0.3 is 5.97 Å². The van der Waals surface area contributed by atoms with Gasteiger partial charge in [0, 0.05) is 19.5 Å². The first-order chi connectivity index (χ1) is 8.95. The Bertz CT molecular complexity index is 626. The van der Waals surface area contributed by atoms with E-state index in [0.29, 0.717) is 18.2 Å². The van der Waals surface area contributed by atoms with Gasteiger partial charge in [0.25, 0.3) is 0 Å². The minimum Gasteiger partial charge on any atom is -0.477 e. The van der Waals surface area contributed by atoms with Gasteiger partial charge in [-0.3, -0.25) is 0 Å². The van der Waals surface area contributed by atoms with Crippen molar-refractivity contribution in [1.29, 1.82) is 0 Å². The van der Waals surface area contributed by atoms with Crippen molar-refractivity contribution in [3.63, 3.8) is 0 Å². The van der Waals surface area contributed by atoms with E-state index in [9.17, 15) is 9.90 Å². The molecular formula is C15H19NO3. The molecule has 0 amide bonds. The molecule has 102 valence electrons. The Morgan fingerprint density at radius 1 is 1.37 bits per heavy atom. The summed E-state index contributed by atoms with van der Waals surface area (Å²) >= 11 is 0. The molecule has 0 bridgehead atoms. The number of hydrogen-bond acceptors (Lipinski definition) is 2. The average molecular weight is 261 g/mol. The molecule has 1 aromatic heterocycles. The summed E-state index contributed by atoms with van der Waals surface area (Å²) in [7, 11) is 3.46. The molecule has 0 spiro atoms. The third-order valence-corrected chi connectivity index (χ3v) is 3.37. The van der Waals surface area contributed by atoms with Crippen molar-refractivity contribution < 1.29 is 14.6 Å². The largest absolute Gasteiger partial charge is 0.477 e. The summed E-state index contributed by atoms with van der Waals surface area (Å²) in [4.78, 5) is 11.2. The summed E-state index contributed by atoms with van der Waals surface area (Å²) in [5, 5.41) is 10.2. The molecule has 0 saturated heterocycles. The van der Waals surface area contributed by atoms with E-state index in [0.717, 1.165) is 22.0 Å². The quantitative estimate of drug-likeness (QED) is 0.919. The number of rotatable bonds is 4. The lowest BCUT2D eigenvalue weighted by molar-refractivity contribution is 0.0687. The number of hydrogen-bond donors (Lipinski definition) is 1. The lowest BCUT2D eigenvalue weighted by Crippen LogP contribution is -2.05. The Morgan fingerprint density at radius 3 is 2.58 bits per heavy atom. The van der Waals surface area contributed by atoms with Gasteiger partial charge in [0.15, 0.2) is 0 Å². The molecule has 4 heteroatoms. The molecule has 0 aliphatic heterocycles. The smallest absolute Gasteiger partial charge is 0.352 e. The number of aromatic nitrogens is 1. The fourth-order valence-corrected chi connectivity index (χ4v) is 2.50. The van der Waals surface area contributed by atoms with Crippen LogP contribution >= 0.6 is 0 Å². The average Bonchev–Trinajstić information content (AvgIpc) is 2.66. The van der Waals surface area contributed by atoms with Crippen molar-refractivity contribution in [3.05, 3.63) is 35.0 Å². The van der Waals surface area contributed by atoms with Crippen molar-refractivity contribution in [2.75, 3.05) is 7.11 Å². The number of aryl methyl sites for hydroxylation is 1. The van der Waals surface area contributed by atoms with E-state index in [1.807, 2.05) is 6.07 Å². The van der Waals surface area contributed by atoms with Crippen LogP contribution in [0.3, 0.4) is 0 Å². The number of ether oxygens (including phenoxy) is 1. The molecule has 19 heavy (non-hydrogen) atoms. The Balaban J connectivity index is 2.76. The molecular weight excluding hydrogens is 242 g/mol. The predicted octanol–water partition coefficient (Wildman–Crippen LogP) is 3.15. The highest BCUT2D eigenvalue weighted by Gasteiger charge is 2.17. The highest BCUT2D eigenvalue weighted by molar-refractivity contribution is 5.96. The molecule has 0 aliphatic rings. The van der Waals surface area contributed by atoms with Gasteiger partial charge in [0.05, 0.1) is 12.1 Å². The van der Waals surface area contributed by atoms with Crippen LogP contribution < -0.4 is 0 Å². The maximum absolute atomic E-state index is 11.2.